The number of rotatable bonds is 9. The van der Waals surface area contributed by atoms with Gasteiger partial charge in [-0.15, -0.1) is 0 Å². The van der Waals surface area contributed by atoms with Crippen molar-refractivity contribution in [2.45, 2.75) is 70.1 Å². The van der Waals surface area contributed by atoms with Gasteiger partial charge in [0, 0.05) is 38.6 Å². The average molecular weight is 389 g/mol. The normalized spacial score (nSPS) is 19.5. The first-order chi connectivity index (χ1) is 13.6. The summed E-state index contributed by atoms with van der Waals surface area (Å²) in [5.41, 5.74) is 1.04. The number of methoxy groups -OCH3 is 1. The predicted molar refractivity (Wildman–Crippen MR) is 107 cm³/mol. The number of carbonyl (C=O) groups excluding carboxylic acids is 2. The minimum atomic E-state index is -0.0123. The Kier molecular flexibility index (Phi) is 7.71. The van der Waals surface area contributed by atoms with E-state index >= 15 is 0 Å². The molecule has 0 radical (unpaired) electrons. The largest absolute Gasteiger partial charge is 0.497 e. The number of carbonyl (C=O) groups is 2. The first kappa shape index (κ1) is 20.6. The van der Waals surface area contributed by atoms with Crippen LogP contribution in [-0.4, -0.2) is 49.1 Å². The van der Waals surface area contributed by atoms with Gasteiger partial charge in [0.25, 0.3) is 0 Å². The zero-order chi connectivity index (χ0) is 19.8. The van der Waals surface area contributed by atoms with E-state index < -0.39 is 0 Å². The fourth-order valence-corrected chi connectivity index (χ4v) is 3.99. The Labute approximate surface area is 167 Å². The van der Waals surface area contributed by atoms with E-state index in [4.69, 9.17) is 9.47 Å². The number of benzene rings is 1. The summed E-state index contributed by atoms with van der Waals surface area (Å²) in [7, 11) is 1.64. The maximum Gasteiger partial charge on any atom is 0.223 e. The van der Waals surface area contributed by atoms with Gasteiger partial charge in [-0.05, 0) is 43.4 Å². The van der Waals surface area contributed by atoms with Gasteiger partial charge >= 0.3 is 0 Å². The topological polar surface area (TPSA) is 67.9 Å². The van der Waals surface area contributed by atoms with Crippen molar-refractivity contribution in [1.82, 2.24) is 10.2 Å². The number of nitrogens with one attached hydrogen (secondary N) is 1. The van der Waals surface area contributed by atoms with Crippen LogP contribution in [0.25, 0.3) is 0 Å². The molecule has 1 aliphatic heterocycles. The third kappa shape index (κ3) is 6.23. The highest BCUT2D eigenvalue weighted by molar-refractivity contribution is 5.84. The highest BCUT2D eigenvalue weighted by atomic mass is 16.5. The van der Waals surface area contributed by atoms with Gasteiger partial charge in [0.05, 0.1) is 13.2 Å². The lowest BCUT2D eigenvalue weighted by Gasteiger charge is -2.26. The molecule has 0 spiro atoms. The summed E-state index contributed by atoms with van der Waals surface area (Å²) in [5.74, 6) is 0.791. The summed E-state index contributed by atoms with van der Waals surface area (Å²) in [6.45, 7) is 1.86. The third-order valence-corrected chi connectivity index (χ3v) is 5.62. The predicted octanol–water partition coefficient (Wildman–Crippen LogP) is 3.04. The van der Waals surface area contributed by atoms with Crippen molar-refractivity contribution < 1.29 is 19.1 Å². The molecule has 1 heterocycles. The smallest absolute Gasteiger partial charge is 0.223 e. The van der Waals surface area contributed by atoms with Gasteiger partial charge in [0.2, 0.25) is 11.8 Å². The van der Waals surface area contributed by atoms with Crippen molar-refractivity contribution in [2.24, 2.45) is 0 Å². The summed E-state index contributed by atoms with van der Waals surface area (Å²) >= 11 is 0. The molecule has 6 heteroatoms. The lowest BCUT2D eigenvalue weighted by Crippen LogP contribution is -2.38. The molecule has 1 aliphatic carbocycles. The van der Waals surface area contributed by atoms with Crippen molar-refractivity contribution in [3.8, 4) is 5.75 Å². The monoisotopic (exact) mass is 388 g/mol. The van der Waals surface area contributed by atoms with Crippen LogP contribution in [-0.2, 0) is 20.9 Å². The minimum Gasteiger partial charge on any atom is -0.497 e. The molecular formula is C22H32N2O4. The molecule has 1 atom stereocenters. The van der Waals surface area contributed by atoms with E-state index in [1.165, 1.54) is 12.8 Å². The summed E-state index contributed by atoms with van der Waals surface area (Å²) in [6, 6.07) is 8.05. The maximum atomic E-state index is 12.9. The maximum absolute atomic E-state index is 12.9. The average Bonchev–Trinajstić information content (AvgIpc) is 3.40. The quantitative estimate of drug-likeness (QED) is 0.706. The second kappa shape index (κ2) is 10.5. The standard InChI is InChI=1S/C22H32N2O4/c1-27-19-10-8-17(9-11-19)15-24(16-20-7-4-14-28-20)22(26)13-12-21(25)23-18-5-2-3-6-18/h8-11,18,20H,2-7,12-16H2,1H3,(H,23,25)/t20-/m0/s1. The van der Waals surface area contributed by atoms with Crippen LogP contribution in [0, 0.1) is 0 Å². The Balaban J connectivity index is 1.54. The summed E-state index contributed by atoms with van der Waals surface area (Å²) < 4.78 is 10.9. The molecular weight excluding hydrogens is 356 g/mol. The number of nitrogens with zero attached hydrogens (tertiary/aromatic N) is 1. The number of hydrogen-bond donors (Lipinski definition) is 1. The zero-order valence-corrected chi connectivity index (χ0v) is 16.8. The number of amides is 2. The van der Waals surface area contributed by atoms with E-state index in [2.05, 4.69) is 5.32 Å². The van der Waals surface area contributed by atoms with Gasteiger partial charge < -0.3 is 19.7 Å². The highest BCUT2D eigenvalue weighted by Crippen LogP contribution is 2.19. The van der Waals surface area contributed by atoms with Gasteiger partial charge in [0.1, 0.15) is 5.75 Å². The van der Waals surface area contributed by atoms with E-state index in [0.29, 0.717) is 19.1 Å². The molecule has 1 N–H and O–H groups in total. The SMILES string of the molecule is COc1ccc(CN(C[C@@H]2CCCO2)C(=O)CCC(=O)NC2CCCC2)cc1. The van der Waals surface area contributed by atoms with Crippen molar-refractivity contribution in [3.63, 3.8) is 0 Å². The Morgan fingerprint density at radius 3 is 2.50 bits per heavy atom. The van der Waals surface area contributed by atoms with Crippen molar-refractivity contribution in [2.75, 3.05) is 20.3 Å². The number of ether oxygens (including phenoxy) is 2. The van der Waals surface area contributed by atoms with Crippen LogP contribution >= 0.6 is 0 Å². The summed E-state index contributed by atoms with van der Waals surface area (Å²) in [6.07, 6.45) is 7.08. The Morgan fingerprint density at radius 2 is 1.86 bits per heavy atom. The van der Waals surface area contributed by atoms with Gasteiger partial charge in [0.15, 0.2) is 0 Å². The van der Waals surface area contributed by atoms with Crippen LogP contribution < -0.4 is 10.1 Å². The Bertz CT molecular complexity index is 634. The van der Waals surface area contributed by atoms with E-state index in [-0.39, 0.29) is 30.8 Å². The third-order valence-electron chi connectivity index (χ3n) is 5.62. The molecule has 1 saturated heterocycles. The minimum absolute atomic E-state index is 0.00731. The molecule has 3 rings (SSSR count). The van der Waals surface area contributed by atoms with Gasteiger partial charge in [-0.3, -0.25) is 9.59 Å². The van der Waals surface area contributed by atoms with E-state index in [1.807, 2.05) is 29.2 Å². The first-order valence-corrected chi connectivity index (χ1v) is 10.5. The zero-order valence-electron chi connectivity index (χ0n) is 16.8. The van der Waals surface area contributed by atoms with Gasteiger partial charge in [-0.2, -0.15) is 0 Å². The lowest BCUT2D eigenvalue weighted by molar-refractivity contribution is -0.135. The van der Waals surface area contributed by atoms with E-state index in [9.17, 15) is 9.59 Å². The van der Waals surface area contributed by atoms with Crippen LogP contribution in [0.15, 0.2) is 24.3 Å². The molecule has 0 bridgehead atoms. The molecule has 2 amide bonds. The number of hydrogen-bond acceptors (Lipinski definition) is 4. The Hall–Kier alpha value is -2.08. The van der Waals surface area contributed by atoms with Crippen molar-refractivity contribution in [3.05, 3.63) is 29.8 Å². The first-order valence-electron chi connectivity index (χ1n) is 10.5. The van der Waals surface area contributed by atoms with E-state index in [1.54, 1.807) is 7.11 Å². The van der Waals surface area contributed by atoms with Gasteiger partial charge in [-0.25, -0.2) is 0 Å². The molecule has 0 aromatic heterocycles. The van der Waals surface area contributed by atoms with E-state index in [0.717, 1.165) is 43.6 Å². The Morgan fingerprint density at radius 1 is 1.11 bits per heavy atom. The van der Waals surface area contributed by atoms with Crippen LogP contribution in [0.5, 0.6) is 5.75 Å². The second-order valence-electron chi connectivity index (χ2n) is 7.81. The van der Waals surface area contributed by atoms with Gasteiger partial charge in [-0.1, -0.05) is 25.0 Å². The molecule has 28 heavy (non-hydrogen) atoms. The molecule has 2 aliphatic rings. The van der Waals surface area contributed by atoms with Crippen LogP contribution in [0.2, 0.25) is 0 Å². The summed E-state index contributed by atoms with van der Waals surface area (Å²) in [4.78, 5) is 26.9. The second-order valence-corrected chi connectivity index (χ2v) is 7.81. The molecule has 2 fully saturated rings. The van der Waals surface area contributed by atoms with Crippen molar-refractivity contribution >= 4 is 11.8 Å². The fraction of sp³-hybridized carbons (Fsp3) is 0.636. The highest BCUT2D eigenvalue weighted by Gasteiger charge is 2.24. The molecule has 1 aromatic rings. The molecule has 1 saturated carbocycles. The molecule has 154 valence electrons. The summed E-state index contributed by atoms with van der Waals surface area (Å²) in [5, 5.41) is 3.06. The van der Waals surface area contributed by atoms with Crippen LogP contribution in [0.4, 0.5) is 0 Å². The van der Waals surface area contributed by atoms with Crippen molar-refractivity contribution in [1.29, 1.82) is 0 Å². The molecule has 0 unspecified atom stereocenters. The van der Waals surface area contributed by atoms with Crippen LogP contribution in [0.1, 0.15) is 56.9 Å². The lowest BCUT2D eigenvalue weighted by atomic mass is 10.1. The molecule has 6 nitrogen and oxygen atoms in total. The van der Waals surface area contributed by atoms with Crippen LogP contribution in [0.3, 0.4) is 0 Å². The fourth-order valence-electron chi connectivity index (χ4n) is 3.99. The molecule has 1 aromatic carbocycles.